The summed E-state index contributed by atoms with van der Waals surface area (Å²) in [5, 5.41) is 10.2. The first-order valence-corrected chi connectivity index (χ1v) is 6.61. The fraction of sp³-hybridized carbons (Fsp3) is 0.538. The minimum atomic E-state index is -0.481. The smallest absolute Gasteiger partial charge is 0.137 e. The van der Waals surface area contributed by atoms with Crippen LogP contribution in [-0.4, -0.2) is 23.9 Å². The van der Waals surface area contributed by atoms with Crippen molar-refractivity contribution in [3.8, 4) is 0 Å². The molecule has 1 saturated heterocycles. The lowest BCUT2D eigenvalue weighted by molar-refractivity contribution is 0.0440. The summed E-state index contributed by atoms with van der Waals surface area (Å²) >= 11 is 3.22. The highest BCUT2D eigenvalue weighted by Gasteiger charge is 2.31. The molecule has 2 rings (SSSR count). The van der Waals surface area contributed by atoms with E-state index >= 15 is 0 Å². The Labute approximate surface area is 109 Å². The first-order chi connectivity index (χ1) is 8.09. The van der Waals surface area contributed by atoms with Crippen LogP contribution < -0.4 is 0 Å². The van der Waals surface area contributed by atoms with Crippen LogP contribution in [0.5, 0.6) is 0 Å². The Kier molecular flexibility index (Phi) is 4.17. The maximum Gasteiger partial charge on any atom is 0.137 e. The SMILES string of the molecule is CC1OCCC1C(O)Cc1cccc(F)c1Br. The Hall–Kier alpha value is -0.450. The molecule has 1 fully saturated rings. The predicted molar refractivity (Wildman–Crippen MR) is 67.3 cm³/mol. The van der Waals surface area contributed by atoms with Crippen LogP contribution in [0.1, 0.15) is 18.9 Å². The van der Waals surface area contributed by atoms with Crippen molar-refractivity contribution in [3.05, 3.63) is 34.1 Å². The number of aliphatic hydroxyl groups is 1. The van der Waals surface area contributed by atoms with Crippen LogP contribution >= 0.6 is 15.9 Å². The summed E-state index contributed by atoms with van der Waals surface area (Å²) in [4.78, 5) is 0. The van der Waals surface area contributed by atoms with Crippen molar-refractivity contribution in [2.24, 2.45) is 5.92 Å². The third kappa shape index (κ3) is 2.87. The highest BCUT2D eigenvalue weighted by atomic mass is 79.9. The van der Waals surface area contributed by atoms with E-state index in [9.17, 15) is 9.50 Å². The summed E-state index contributed by atoms with van der Waals surface area (Å²) in [7, 11) is 0. The van der Waals surface area contributed by atoms with E-state index in [1.54, 1.807) is 6.07 Å². The van der Waals surface area contributed by atoms with Gasteiger partial charge in [0.1, 0.15) is 5.82 Å². The van der Waals surface area contributed by atoms with Crippen LogP contribution in [0.3, 0.4) is 0 Å². The number of aliphatic hydroxyl groups excluding tert-OH is 1. The Morgan fingerprint density at radius 2 is 2.35 bits per heavy atom. The molecule has 1 N–H and O–H groups in total. The van der Waals surface area contributed by atoms with E-state index in [2.05, 4.69) is 15.9 Å². The minimum Gasteiger partial charge on any atom is -0.392 e. The van der Waals surface area contributed by atoms with Gasteiger partial charge in [0.05, 0.1) is 16.7 Å². The molecule has 1 aliphatic rings. The van der Waals surface area contributed by atoms with Gasteiger partial charge in [-0.3, -0.25) is 0 Å². The van der Waals surface area contributed by atoms with E-state index in [0.29, 0.717) is 17.5 Å². The largest absolute Gasteiger partial charge is 0.392 e. The van der Waals surface area contributed by atoms with Gasteiger partial charge in [-0.05, 0) is 47.3 Å². The third-order valence-electron chi connectivity index (χ3n) is 3.39. The molecule has 0 amide bonds. The van der Waals surface area contributed by atoms with Crippen molar-refractivity contribution in [3.63, 3.8) is 0 Å². The van der Waals surface area contributed by atoms with Crippen LogP contribution in [0.15, 0.2) is 22.7 Å². The molecule has 4 heteroatoms. The quantitative estimate of drug-likeness (QED) is 0.930. The number of hydrogen-bond acceptors (Lipinski definition) is 2. The van der Waals surface area contributed by atoms with Crippen molar-refractivity contribution >= 4 is 15.9 Å². The van der Waals surface area contributed by atoms with Gasteiger partial charge in [0, 0.05) is 12.5 Å². The standard InChI is InChI=1S/C13H16BrFO2/c1-8-10(5-6-17-8)12(16)7-9-3-2-4-11(15)13(9)14/h2-4,8,10,12,16H,5-7H2,1H3. The first kappa shape index (κ1) is 13.0. The van der Waals surface area contributed by atoms with Crippen molar-refractivity contribution in [2.75, 3.05) is 6.61 Å². The van der Waals surface area contributed by atoms with E-state index in [0.717, 1.165) is 12.0 Å². The summed E-state index contributed by atoms with van der Waals surface area (Å²) < 4.78 is 19.2. The second-order valence-corrected chi connectivity index (χ2v) is 5.31. The van der Waals surface area contributed by atoms with Crippen LogP contribution in [0.25, 0.3) is 0 Å². The summed E-state index contributed by atoms with van der Waals surface area (Å²) in [6.07, 6.45) is 0.925. The molecule has 94 valence electrons. The summed E-state index contributed by atoms with van der Waals surface area (Å²) in [5.41, 5.74) is 0.802. The normalized spacial score (nSPS) is 26.1. The first-order valence-electron chi connectivity index (χ1n) is 5.82. The predicted octanol–water partition coefficient (Wildman–Crippen LogP) is 2.92. The Morgan fingerprint density at radius 3 is 3.00 bits per heavy atom. The van der Waals surface area contributed by atoms with Crippen molar-refractivity contribution < 1.29 is 14.2 Å². The van der Waals surface area contributed by atoms with Crippen molar-refractivity contribution in [1.82, 2.24) is 0 Å². The average molecular weight is 303 g/mol. The summed E-state index contributed by atoms with van der Waals surface area (Å²) in [6.45, 7) is 2.68. The van der Waals surface area contributed by atoms with E-state index in [-0.39, 0.29) is 17.8 Å². The number of halogens is 2. The molecule has 2 nitrogen and oxygen atoms in total. The molecule has 3 unspecified atom stereocenters. The maximum absolute atomic E-state index is 13.3. The van der Waals surface area contributed by atoms with Gasteiger partial charge >= 0.3 is 0 Å². The lowest BCUT2D eigenvalue weighted by Gasteiger charge is -2.21. The molecule has 0 spiro atoms. The monoisotopic (exact) mass is 302 g/mol. The molecule has 1 aromatic rings. The van der Waals surface area contributed by atoms with Gasteiger partial charge in [0.2, 0.25) is 0 Å². The molecule has 0 radical (unpaired) electrons. The van der Waals surface area contributed by atoms with Crippen molar-refractivity contribution in [2.45, 2.75) is 32.0 Å². The molecule has 3 atom stereocenters. The molecule has 17 heavy (non-hydrogen) atoms. The lowest BCUT2D eigenvalue weighted by atomic mass is 9.91. The molecule has 0 aliphatic carbocycles. The second kappa shape index (κ2) is 5.46. The van der Waals surface area contributed by atoms with Crippen LogP contribution in [0.2, 0.25) is 0 Å². The van der Waals surface area contributed by atoms with Crippen LogP contribution in [-0.2, 0) is 11.2 Å². The summed E-state index contributed by atoms with van der Waals surface area (Å²) in [6, 6.07) is 4.90. The zero-order valence-electron chi connectivity index (χ0n) is 9.70. The number of hydrogen-bond donors (Lipinski definition) is 1. The van der Waals surface area contributed by atoms with Gasteiger partial charge < -0.3 is 9.84 Å². The maximum atomic E-state index is 13.3. The summed E-state index contributed by atoms with van der Waals surface area (Å²) in [5.74, 6) is -0.143. The van der Waals surface area contributed by atoms with Gasteiger partial charge in [-0.15, -0.1) is 0 Å². The fourth-order valence-corrected chi connectivity index (χ4v) is 2.76. The molecule has 1 aromatic carbocycles. The fourth-order valence-electron chi connectivity index (χ4n) is 2.34. The van der Waals surface area contributed by atoms with E-state index < -0.39 is 6.10 Å². The molecule has 1 heterocycles. The third-order valence-corrected chi connectivity index (χ3v) is 4.28. The molecular formula is C13H16BrFO2. The molecule has 1 aliphatic heterocycles. The molecule has 0 aromatic heterocycles. The minimum absolute atomic E-state index is 0.0809. The molecule has 0 saturated carbocycles. The van der Waals surface area contributed by atoms with Gasteiger partial charge in [-0.25, -0.2) is 4.39 Å². The van der Waals surface area contributed by atoms with Crippen LogP contribution in [0, 0.1) is 11.7 Å². The lowest BCUT2D eigenvalue weighted by Crippen LogP contribution is -2.28. The highest BCUT2D eigenvalue weighted by molar-refractivity contribution is 9.10. The molecular weight excluding hydrogens is 287 g/mol. The van der Waals surface area contributed by atoms with Crippen molar-refractivity contribution in [1.29, 1.82) is 0 Å². The number of ether oxygens (including phenoxy) is 1. The van der Waals surface area contributed by atoms with E-state index in [1.165, 1.54) is 6.07 Å². The number of rotatable bonds is 3. The van der Waals surface area contributed by atoms with Gasteiger partial charge in [0.15, 0.2) is 0 Å². The van der Waals surface area contributed by atoms with Gasteiger partial charge in [-0.1, -0.05) is 12.1 Å². The zero-order chi connectivity index (χ0) is 12.4. The zero-order valence-corrected chi connectivity index (χ0v) is 11.3. The number of benzene rings is 1. The Bertz CT molecular complexity index is 397. The highest BCUT2D eigenvalue weighted by Crippen LogP contribution is 2.28. The average Bonchev–Trinajstić information content (AvgIpc) is 2.71. The van der Waals surface area contributed by atoms with Gasteiger partial charge in [-0.2, -0.15) is 0 Å². The van der Waals surface area contributed by atoms with E-state index in [4.69, 9.17) is 4.74 Å². The topological polar surface area (TPSA) is 29.5 Å². The molecule has 0 bridgehead atoms. The van der Waals surface area contributed by atoms with Crippen LogP contribution in [0.4, 0.5) is 4.39 Å². The second-order valence-electron chi connectivity index (χ2n) is 4.51. The van der Waals surface area contributed by atoms with Gasteiger partial charge in [0.25, 0.3) is 0 Å². The van der Waals surface area contributed by atoms with E-state index in [1.807, 2.05) is 13.0 Å². The Morgan fingerprint density at radius 1 is 1.59 bits per heavy atom. The Balaban J connectivity index is 2.07.